The Morgan fingerprint density at radius 3 is 2.32 bits per heavy atom. The minimum Gasteiger partial charge on any atom is -0.348 e. The molecule has 0 radical (unpaired) electrons. The molecule has 2 aromatic carbocycles. The van der Waals surface area contributed by atoms with Crippen LogP contribution in [0.4, 0.5) is 0 Å². The molecule has 0 saturated heterocycles. The molecule has 0 aliphatic carbocycles. The summed E-state index contributed by atoms with van der Waals surface area (Å²) in [6.07, 6.45) is 0. The number of benzene rings is 2. The smallest absolute Gasteiger partial charge is 0.251 e. The third-order valence-corrected chi connectivity index (χ3v) is 4.27. The third-order valence-electron chi connectivity index (χ3n) is 3.34. The highest BCUT2D eigenvalue weighted by Gasteiger charge is 2.10. The Morgan fingerprint density at radius 2 is 1.73 bits per heavy atom. The molecule has 0 spiro atoms. The molecule has 0 unspecified atom stereocenters. The van der Waals surface area contributed by atoms with Gasteiger partial charge in [-0.1, -0.05) is 29.8 Å². The van der Waals surface area contributed by atoms with E-state index in [9.17, 15) is 13.2 Å². The van der Waals surface area contributed by atoms with Crippen molar-refractivity contribution in [1.82, 2.24) is 5.32 Å². The monoisotopic (exact) mass is 318 g/mol. The molecule has 0 aliphatic heterocycles. The predicted octanol–water partition coefficient (Wildman–Crippen LogP) is 1.88. The lowest BCUT2D eigenvalue weighted by Gasteiger charge is -2.09. The maximum Gasteiger partial charge on any atom is 0.251 e. The van der Waals surface area contributed by atoms with Gasteiger partial charge in [-0.05, 0) is 43.2 Å². The number of nitrogens with two attached hydrogens (primary N) is 1. The van der Waals surface area contributed by atoms with Crippen LogP contribution in [0.1, 0.15) is 27.0 Å². The van der Waals surface area contributed by atoms with Gasteiger partial charge in [-0.3, -0.25) is 4.79 Å². The van der Waals surface area contributed by atoms with Crippen molar-refractivity contribution in [3.63, 3.8) is 0 Å². The molecule has 0 atom stereocenters. The first-order chi connectivity index (χ1) is 10.3. The Labute approximate surface area is 130 Å². The maximum atomic E-state index is 12.2. The van der Waals surface area contributed by atoms with Crippen molar-refractivity contribution < 1.29 is 13.2 Å². The summed E-state index contributed by atoms with van der Waals surface area (Å²) < 4.78 is 22.3. The minimum atomic E-state index is -3.69. The van der Waals surface area contributed by atoms with Gasteiger partial charge in [0.1, 0.15) is 0 Å². The number of rotatable bonds is 4. The fraction of sp³-hybridized carbons (Fsp3) is 0.188. The van der Waals surface area contributed by atoms with E-state index in [1.807, 2.05) is 32.0 Å². The highest BCUT2D eigenvalue weighted by molar-refractivity contribution is 7.89. The Hall–Kier alpha value is -2.18. The van der Waals surface area contributed by atoms with Crippen LogP contribution in [0.15, 0.2) is 47.4 Å². The first-order valence-corrected chi connectivity index (χ1v) is 8.29. The van der Waals surface area contributed by atoms with Gasteiger partial charge in [0.15, 0.2) is 0 Å². The number of hydrogen-bond donors (Lipinski definition) is 2. The van der Waals surface area contributed by atoms with Gasteiger partial charge in [-0.2, -0.15) is 0 Å². The summed E-state index contributed by atoms with van der Waals surface area (Å²) in [4.78, 5) is 12.2. The van der Waals surface area contributed by atoms with Crippen molar-refractivity contribution in [3.05, 3.63) is 64.7 Å². The molecule has 5 nitrogen and oxygen atoms in total. The molecule has 3 N–H and O–H groups in total. The fourth-order valence-corrected chi connectivity index (χ4v) is 2.57. The van der Waals surface area contributed by atoms with E-state index in [-0.39, 0.29) is 10.8 Å². The third kappa shape index (κ3) is 3.93. The SMILES string of the molecule is Cc1ccc(C)c(C(=O)NCc2ccc(S(N)(=O)=O)cc2)c1. The van der Waals surface area contributed by atoms with Crippen LogP contribution < -0.4 is 10.5 Å². The van der Waals surface area contributed by atoms with Gasteiger partial charge in [-0.15, -0.1) is 0 Å². The first-order valence-electron chi connectivity index (χ1n) is 6.74. The zero-order chi connectivity index (χ0) is 16.3. The van der Waals surface area contributed by atoms with Crippen molar-refractivity contribution in [2.24, 2.45) is 5.14 Å². The van der Waals surface area contributed by atoms with Gasteiger partial charge < -0.3 is 5.32 Å². The van der Waals surface area contributed by atoms with E-state index >= 15 is 0 Å². The Bertz CT molecular complexity index is 797. The normalized spacial score (nSPS) is 11.2. The average Bonchev–Trinajstić information content (AvgIpc) is 2.47. The lowest BCUT2D eigenvalue weighted by atomic mass is 10.1. The number of amides is 1. The zero-order valence-corrected chi connectivity index (χ0v) is 13.3. The molecule has 116 valence electrons. The quantitative estimate of drug-likeness (QED) is 0.902. The minimum absolute atomic E-state index is 0.0529. The van der Waals surface area contributed by atoms with Crippen LogP contribution in [-0.4, -0.2) is 14.3 Å². The van der Waals surface area contributed by atoms with Crippen LogP contribution in [0.2, 0.25) is 0 Å². The molecule has 0 saturated carbocycles. The summed E-state index contributed by atoms with van der Waals surface area (Å²) >= 11 is 0. The largest absolute Gasteiger partial charge is 0.348 e. The van der Waals surface area contributed by atoms with Crippen LogP contribution in [0.25, 0.3) is 0 Å². The van der Waals surface area contributed by atoms with E-state index in [0.29, 0.717) is 12.1 Å². The van der Waals surface area contributed by atoms with Crippen LogP contribution in [0.3, 0.4) is 0 Å². The van der Waals surface area contributed by atoms with Gasteiger partial charge >= 0.3 is 0 Å². The van der Waals surface area contributed by atoms with Crippen LogP contribution >= 0.6 is 0 Å². The summed E-state index contributed by atoms with van der Waals surface area (Å²) in [5.41, 5.74) is 3.37. The summed E-state index contributed by atoms with van der Waals surface area (Å²) in [5, 5.41) is 7.86. The number of aryl methyl sites for hydroxylation is 2. The van der Waals surface area contributed by atoms with E-state index in [4.69, 9.17) is 5.14 Å². The Morgan fingerprint density at radius 1 is 1.09 bits per heavy atom. The Balaban J connectivity index is 2.07. The van der Waals surface area contributed by atoms with Crippen molar-refractivity contribution in [1.29, 1.82) is 0 Å². The molecular formula is C16H18N2O3S. The maximum absolute atomic E-state index is 12.2. The number of sulfonamides is 1. The molecule has 0 heterocycles. The second kappa shape index (κ2) is 6.29. The summed E-state index contributed by atoms with van der Waals surface area (Å²) in [7, 11) is -3.69. The molecule has 0 bridgehead atoms. The molecular weight excluding hydrogens is 300 g/mol. The lowest BCUT2D eigenvalue weighted by molar-refractivity contribution is 0.0950. The predicted molar refractivity (Wildman–Crippen MR) is 84.9 cm³/mol. The van der Waals surface area contributed by atoms with E-state index in [1.165, 1.54) is 12.1 Å². The summed E-state index contributed by atoms with van der Waals surface area (Å²) in [6, 6.07) is 11.8. The highest BCUT2D eigenvalue weighted by Crippen LogP contribution is 2.12. The van der Waals surface area contributed by atoms with Crippen molar-refractivity contribution in [3.8, 4) is 0 Å². The molecule has 1 amide bonds. The standard InChI is InChI=1S/C16H18N2O3S/c1-11-3-4-12(2)15(9-11)16(19)18-10-13-5-7-14(8-6-13)22(17,20)21/h3-9H,10H2,1-2H3,(H,18,19)(H2,17,20,21). The van der Waals surface area contributed by atoms with Gasteiger partial charge in [0.2, 0.25) is 10.0 Å². The number of carbonyl (C=O) groups excluding carboxylic acids is 1. The number of primary sulfonamides is 1. The van der Waals surface area contributed by atoms with E-state index in [0.717, 1.165) is 16.7 Å². The van der Waals surface area contributed by atoms with E-state index < -0.39 is 10.0 Å². The molecule has 2 rings (SSSR count). The summed E-state index contributed by atoms with van der Waals surface area (Å²) in [5.74, 6) is -0.156. The zero-order valence-electron chi connectivity index (χ0n) is 12.5. The fourth-order valence-electron chi connectivity index (χ4n) is 2.06. The average molecular weight is 318 g/mol. The second-order valence-corrected chi connectivity index (χ2v) is 6.75. The van der Waals surface area contributed by atoms with E-state index in [1.54, 1.807) is 12.1 Å². The van der Waals surface area contributed by atoms with Crippen molar-refractivity contribution >= 4 is 15.9 Å². The van der Waals surface area contributed by atoms with Gasteiger partial charge in [0.05, 0.1) is 4.90 Å². The molecule has 22 heavy (non-hydrogen) atoms. The lowest BCUT2D eigenvalue weighted by Crippen LogP contribution is -2.23. The van der Waals surface area contributed by atoms with Crippen molar-refractivity contribution in [2.45, 2.75) is 25.3 Å². The first kappa shape index (κ1) is 16.2. The summed E-state index contributed by atoms with van der Waals surface area (Å²) in [6.45, 7) is 4.13. The van der Waals surface area contributed by atoms with Crippen LogP contribution in [-0.2, 0) is 16.6 Å². The molecule has 6 heteroatoms. The molecule has 2 aromatic rings. The van der Waals surface area contributed by atoms with Crippen LogP contribution in [0.5, 0.6) is 0 Å². The highest BCUT2D eigenvalue weighted by atomic mass is 32.2. The van der Waals surface area contributed by atoms with Gasteiger partial charge in [0.25, 0.3) is 5.91 Å². The molecule has 0 aromatic heterocycles. The van der Waals surface area contributed by atoms with Crippen LogP contribution in [0, 0.1) is 13.8 Å². The van der Waals surface area contributed by atoms with Crippen molar-refractivity contribution in [2.75, 3.05) is 0 Å². The van der Waals surface area contributed by atoms with Gasteiger partial charge in [0, 0.05) is 12.1 Å². The molecule has 0 fully saturated rings. The second-order valence-electron chi connectivity index (χ2n) is 5.19. The number of hydrogen-bond acceptors (Lipinski definition) is 3. The number of nitrogens with one attached hydrogen (secondary N) is 1. The molecule has 0 aliphatic rings. The van der Waals surface area contributed by atoms with Gasteiger partial charge in [-0.25, -0.2) is 13.6 Å². The van der Waals surface area contributed by atoms with E-state index in [2.05, 4.69) is 5.32 Å². The Kier molecular flexibility index (Phi) is 4.63. The number of carbonyl (C=O) groups is 1. The topological polar surface area (TPSA) is 89.3 Å².